The Morgan fingerprint density at radius 2 is 1.97 bits per heavy atom. The van der Waals surface area contributed by atoms with Crippen LogP contribution < -0.4 is 16.4 Å². The maximum atomic E-state index is 12.7. The summed E-state index contributed by atoms with van der Waals surface area (Å²) >= 11 is 6.06. The first-order chi connectivity index (χ1) is 14.9. The molecule has 0 bridgehead atoms. The highest BCUT2D eigenvalue weighted by Crippen LogP contribution is 2.16. The van der Waals surface area contributed by atoms with E-state index >= 15 is 0 Å². The molecule has 0 unspecified atom stereocenters. The van der Waals surface area contributed by atoms with Crippen molar-refractivity contribution in [3.63, 3.8) is 0 Å². The summed E-state index contributed by atoms with van der Waals surface area (Å²) in [6, 6.07) is 10.5. The average molecular weight is 447 g/mol. The number of rotatable bonds is 8. The first kappa shape index (κ1) is 23.1. The topological polar surface area (TPSA) is 116 Å². The van der Waals surface area contributed by atoms with Crippen LogP contribution >= 0.6 is 11.6 Å². The highest BCUT2D eigenvalue weighted by Gasteiger charge is 2.19. The minimum absolute atomic E-state index is 0.0849. The van der Waals surface area contributed by atoms with E-state index in [9.17, 15) is 9.59 Å². The molecule has 2 heterocycles. The smallest absolute Gasteiger partial charge is 0.269 e. The molecule has 1 aromatic carbocycles. The highest BCUT2D eigenvalue weighted by molar-refractivity contribution is 6.30. The standard InChI is InChI=1S/C22H27ClN4O4/c1-25-22(29)19-11-15(10-18(27-19)9-14-4-2-5-16(23)8-14)21(28)26-7-3-6-20-30-12-17(24)13-31-20/h2,4-5,8,10-11,17,20H,3,6-7,9,12-13,24H2,1H3,(H,25,29)(H,26,28). The van der Waals surface area contributed by atoms with Crippen molar-refractivity contribution in [2.75, 3.05) is 26.8 Å². The predicted octanol–water partition coefficient (Wildman–Crippen LogP) is 1.90. The van der Waals surface area contributed by atoms with Gasteiger partial charge in [-0.15, -0.1) is 0 Å². The van der Waals surface area contributed by atoms with Crippen molar-refractivity contribution >= 4 is 23.4 Å². The summed E-state index contributed by atoms with van der Waals surface area (Å²) in [6.07, 6.45) is 1.51. The zero-order valence-corrected chi connectivity index (χ0v) is 18.2. The van der Waals surface area contributed by atoms with Crippen LogP contribution in [0.15, 0.2) is 36.4 Å². The van der Waals surface area contributed by atoms with Crippen molar-refractivity contribution in [2.24, 2.45) is 5.73 Å². The van der Waals surface area contributed by atoms with Gasteiger partial charge in [0.1, 0.15) is 5.69 Å². The minimum Gasteiger partial charge on any atom is -0.354 e. The van der Waals surface area contributed by atoms with E-state index in [1.54, 1.807) is 12.1 Å². The van der Waals surface area contributed by atoms with Crippen LogP contribution in [-0.4, -0.2) is 55.9 Å². The van der Waals surface area contributed by atoms with Gasteiger partial charge in [0.2, 0.25) is 0 Å². The van der Waals surface area contributed by atoms with E-state index in [0.29, 0.717) is 55.3 Å². The number of nitrogens with two attached hydrogens (primary N) is 1. The van der Waals surface area contributed by atoms with Gasteiger partial charge in [0.05, 0.1) is 19.3 Å². The van der Waals surface area contributed by atoms with Gasteiger partial charge in [-0.25, -0.2) is 4.98 Å². The molecule has 166 valence electrons. The van der Waals surface area contributed by atoms with Crippen molar-refractivity contribution in [1.29, 1.82) is 0 Å². The summed E-state index contributed by atoms with van der Waals surface area (Å²) in [5.41, 5.74) is 7.83. The van der Waals surface area contributed by atoms with E-state index in [1.807, 2.05) is 18.2 Å². The Bertz CT molecular complexity index is 916. The zero-order valence-electron chi connectivity index (χ0n) is 17.4. The Hall–Kier alpha value is -2.52. The lowest BCUT2D eigenvalue weighted by atomic mass is 10.1. The third-order valence-corrected chi connectivity index (χ3v) is 5.00. The lowest BCUT2D eigenvalue weighted by Crippen LogP contribution is -2.41. The SMILES string of the molecule is CNC(=O)c1cc(C(=O)NCCCC2OCC(N)CO2)cc(Cc2cccc(Cl)c2)n1. The van der Waals surface area contributed by atoms with Crippen LogP contribution in [-0.2, 0) is 15.9 Å². The lowest BCUT2D eigenvalue weighted by molar-refractivity contribution is -0.188. The quantitative estimate of drug-likeness (QED) is 0.533. The molecule has 0 aliphatic carbocycles. The summed E-state index contributed by atoms with van der Waals surface area (Å²) in [4.78, 5) is 29.2. The summed E-state index contributed by atoms with van der Waals surface area (Å²) in [5, 5.41) is 6.04. The Balaban J connectivity index is 1.62. The molecule has 8 nitrogen and oxygen atoms in total. The highest BCUT2D eigenvalue weighted by atomic mass is 35.5. The van der Waals surface area contributed by atoms with Crippen molar-refractivity contribution in [3.8, 4) is 0 Å². The molecule has 31 heavy (non-hydrogen) atoms. The molecule has 1 saturated heterocycles. The van der Waals surface area contributed by atoms with E-state index < -0.39 is 0 Å². The van der Waals surface area contributed by atoms with E-state index in [-0.39, 0.29) is 29.8 Å². The Morgan fingerprint density at radius 1 is 1.19 bits per heavy atom. The number of pyridine rings is 1. The molecular weight excluding hydrogens is 420 g/mol. The van der Waals surface area contributed by atoms with Crippen molar-refractivity contribution < 1.29 is 19.1 Å². The van der Waals surface area contributed by atoms with Crippen molar-refractivity contribution in [2.45, 2.75) is 31.6 Å². The van der Waals surface area contributed by atoms with Crippen LogP contribution in [0.4, 0.5) is 0 Å². The number of hydrogen-bond acceptors (Lipinski definition) is 6. The van der Waals surface area contributed by atoms with E-state index in [2.05, 4.69) is 15.6 Å². The van der Waals surface area contributed by atoms with Crippen LogP contribution in [0, 0.1) is 0 Å². The number of aromatic nitrogens is 1. The number of ether oxygens (including phenoxy) is 2. The van der Waals surface area contributed by atoms with Crippen molar-refractivity contribution in [3.05, 3.63) is 63.9 Å². The van der Waals surface area contributed by atoms with Crippen LogP contribution in [0.5, 0.6) is 0 Å². The number of carbonyl (C=O) groups excluding carboxylic acids is 2. The van der Waals surface area contributed by atoms with Gasteiger partial charge < -0.3 is 25.8 Å². The molecule has 1 aliphatic heterocycles. The number of nitrogens with zero attached hydrogens (tertiary/aromatic N) is 1. The van der Waals surface area contributed by atoms with Gasteiger partial charge in [-0.05, 0) is 36.2 Å². The van der Waals surface area contributed by atoms with Crippen LogP contribution in [0.3, 0.4) is 0 Å². The number of carbonyl (C=O) groups is 2. The fourth-order valence-electron chi connectivity index (χ4n) is 3.21. The molecule has 0 saturated carbocycles. The largest absolute Gasteiger partial charge is 0.354 e. The number of amides is 2. The number of halogens is 1. The van der Waals surface area contributed by atoms with Gasteiger partial charge in [0, 0.05) is 42.7 Å². The molecule has 0 atom stereocenters. The second-order valence-electron chi connectivity index (χ2n) is 7.37. The van der Waals surface area contributed by atoms with Crippen LogP contribution in [0.25, 0.3) is 0 Å². The molecular formula is C22H27ClN4O4. The minimum atomic E-state index is -0.355. The molecule has 0 spiro atoms. The third-order valence-electron chi connectivity index (χ3n) is 4.77. The molecule has 4 N–H and O–H groups in total. The number of nitrogens with one attached hydrogen (secondary N) is 2. The molecule has 2 aromatic rings. The Labute approximate surface area is 186 Å². The molecule has 3 rings (SSSR count). The first-order valence-corrected chi connectivity index (χ1v) is 10.6. The summed E-state index contributed by atoms with van der Waals surface area (Å²) in [7, 11) is 1.52. The molecule has 0 radical (unpaired) electrons. The Morgan fingerprint density at radius 3 is 2.68 bits per heavy atom. The van der Waals surface area contributed by atoms with Gasteiger partial charge in [0.25, 0.3) is 11.8 Å². The fourth-order valence-corrected chi connectivity index (χ4v) is 3.42. The molecule has 1 aliphatic rings. The van der Waals surface area contributed by atoms with Gasteiger partial charge in [-0.2, -0.15) is 0 Å². The third kappa shape index (κ3) is 7.00. The first-order valence-electron chi connectivity index (χ1n) is 10.2. The molecule has 2 amide bonds. The van der Waals surface area contributed by atoms with E-state index in [1.165, 1.54) is 13.1 Å². The second kappa shape index (κ2) is 11.2. The maximum absolute atomic E-state index is 12.7. The van der Waals surface area contributed by atoms with E-state index in [0.717, 1.165) is 5.56 Å². The Kier molecular flexibility index (Phi) is 8.36. The molecule has 9 heteroatoms. The van der Waals surface area contributed by atoms with Crippen LogP contribution in [0.1, 0.15) is 44.9 Å². The summed E-state index contributed by atoms with van der Waals surface area (Å²) in [6.45, 7) is 1.41. The summed E-state index contributed by atoms with van der Waals surface area (Å²) < 4.78 is 11.0. The normalized spacial score (nSPS) is 18.4. The van der Waals surface area contributed by atoms with Crippen LogP contribution in [0.2, 0.25) is 5.02 Å². The van der Waals surface area contributed by atoms with Crippen molar-refractivity contribution in [1.82, 2.24) is 15.6 Å². The van der Waals surface area contributed by atoms with Gasteiger partial charge in [-0.3, -0.25) is 9.59 Å². The maximum Gasteiger partial charge on any atom is 0.269 e. The average Bonchev–Trinajstić information content (AvgIpc) is 2.77. The summed E-state index contributed by atoms with van der Waals surface area (Å²) in [5.74, 6) is -0.626. The fraction of sp³-hybridized carbons (Fsp3) is 0.409. The number of benzene rings is 1. The van der Waals surface area contributed by atoms with Gasteiger partial charge >= 0.3 is 0 Å². The molecule has 1 aromatic heterocycles. The lowest BCUT2D eigenvalue weighted by Gasteiger charge is -2.27. The second-order valence-corrected chi connectivity index (χ2v) is 7.81. The molecule has 1 fully saturated rings. The van der Waals surface area contributed by atoms with Gasteiger partial charge in [0.15, 0.2) is 6.29 Å². The monoisotopic (exact) mass is 446 g/mol. The predicted molar refractivity (Wildman–Crippen MR) is 117 cm³/mol. The zero-order chi connectivity index (χ0) is 22.2. The van der Waals surface area contributed by atoms with Gasteiger partial charge in [-0.1, -0.05) is 23.7 Å². The van der Waals surface area contributed by atoms with E-state index in [4.69, 9.17) is 26.8 Å². The number of hydrogen-bond donors (Lipinski definition) is 3.